The zero-order valence-corrected chi connectivity index (χ0v) is 11.4. The van der Waals surface area contributed by atoms with Crippen LogP contribution in [0.15, 0.2) is 40.3 Å². The highest BCUT2D eigenvalue weighted by Crippen LogP contribution is 2.31. The number of fused-ring (bicyclic) bond motifs is 1. The van der Waals surface area contributed by atoms with Crippen LogP contribution in [-0.2, 0) is 0 Å². The van der Waals surface area contributed by atoms with E-state index < -0.39 is 0 Å². The summed E-state index contributed by atoms with van der Waals surface area (Å²) in [7, 11) is 0. The summed E-state index contributed by atoms with van der Waals surface area (Å²) in [5.74, 6) is 6.01. The van der Waals surface area contributed by atoms with Gasteiger partial charge >= 0.3 is 0 Å². The van der Waals surface area contributed by atoms with Gasteiger partial charge in [0.1, 0.15) is 5.76 Å². The van der Waals surface area contributed by atoms with E-state index in [-0.39, 0.29) is 11.9 Å². The first-order valence-corrected chi connectivity index (χ1v) is 7.10. The van der Waals surface area contributed by atoms with E-state index in [4.69, 9.17) is 10.3 Å². The van der Waals surface area contributed by atoms with E-state index in [0.717, 1.165) is 24.6 Å². The number of benzene rings is 1. The summed E-state index contributed by atoms with van der Waals surface area (Å²) < 4.78 is 19.3. The van der Waals surface area contributed by atoms with Gasteiger partial charge in [0, 0.05) is 5.39 Å². The summed E-state index contributed by atoms with van der Waals surface area (Å²) >= 11 is 0. The van der Waals surface area contributed by atoms with Crippen LogP contribution in [0.5, 0.6) is 0 Å². The van der Waals surface area contributed by atoms with Gasteiger partial charge in [-0.1, -0.05) is 23.8 Å². The Morgan fingerprint density at radius 3 is 2.95 bits per heavy atom. The van der Waals surface area contributed by atoms with Crippen molar-refractivity contribution >= 4 is 11.0 Å². The monoisotopic (exact) mass is 274 g/mol. The Kier molecular flexibility index (Phi) is 3.85. The van der Waals surface area contributed by atoms with Crippen molar-refractivity contribution in [2.24, 2.45) is 5.84 Å². The Morgan fingerprint density at radius 2 is 2.25 bits per heavy atom. The number of hydrogen-bond donors (Lipinski definition) is 2. The summed E-state index contributed by atoms with van der Waals surface area (Å²) in [5.41, 5.74) is 4.50. The van der Waals surface area contributed by atoms with Gasteiger partial charge < -0.3 is 4.42 Å². The van der Waals surface area contributed by atoms with Crippen LogP contribution in [0, 0.1) is 5.82 Å². The number of allylic oxidation sites excluding steroid dienone is 1. The lowest BCUT2D eigenvalue weighted by atomic mass is 9.94. The molecule has 3 nitrogen and oxygen atoms in total. The molecule has 1 unspecified atom stereocenters. The lowest BCUT2D eigenvalue weighted by Gasteiger charge is -2.18. The third-order valence-electron chi connectivity index (χ3n) is 3.91. The number of rotatable bonds is 4. The van der Waals surface area contributed by atoms with Gasteiger partial charge in [0.2, 0.25) is 0 Å². The summed E-state index contributed by atoms with van der Waals surface area (Å²) in [5, 5.41) is 0.776. The fourth-order valence-corrected chi connectivity index (χ4v) is 2.81. The maximum Gasteiger partial charge on any atom is 0.169 e. The Hall–Kier alpha value is -1.65. The molecule has 0 fully saturated rings. The lowest BCUT2D eigenvalue weighted by Crippen LogP contribution is -2.28. The summed E-state index contributed by atoms with van der Waals surface area (Å²) in [6.07, 6.45) is 7.86. The fourth-order valence-electron chi connectivity index (χ4n) is 2.81. The van der Waals surface area contributed by atoms with Crippen molar-refractivity contribution in [2.75, 3.05) is 0 Å². The molecular weight excluding hydrogens is 255 g/mol. The Balaban J connectivity index is 1.87. The van der Waals surface area contributed by atoms with Gasteiger partial charge in [0.15, 0.2) is 11.4 Å². The standard InChI is InChI=1S/C16H19FN2O/c17-13-8-4-7-12-10-15(20-16(12)13)14(19-18)9-11-5-2-1-3-6-11/h4-5,7-8,10,14,19H,1-3,6,9,18H2. The number of halogens is 1. The first kappa shape index (κ1) is 13.3. The highest BCUT2D eigenvalue weighted by atomic mass is 19.1. The smallest absolute Gasteiger partial charge is 0.169 e. The highest BCUT2D eigenvalue weighted by molar-refractivity contribution is 5.78. The predicted molar refractivity (Wildman–Crippen MR) is 77.4 cm³/mol. The van der Waals surface area contributed by atoms with Crippen LogP contribution in [0.3, 0.4) is 0 Å². The van der Waals surface area contributed by atoms with Crippen LogP contribution in [0.2, 0.25) is 0 Å². The molecule has 2 aromatic rings. The molecule has 0 saturated heterocycles. The van der Waals surface area contributed by atoms with E-state index in [1.165, 1.54) is 24.5 Å². The van der Waals surface area contributed by atoms with Crippen molar-refractivity contribution in [1.29, 1.82) is 0 Å². The third kappa shape index (κ3) is 2.62. The van der Waals surface area contributed by atoms with Gasteiger partial charge in [-0.25, -0.2) is 9.82 Å². The molecule has 0 spiro atoms. The molecule has 1 aliphatic carbocycles. The maximum absolute atomic E-state index is 13.7. The first-order chi connectivity index (χ1) is 9.78. The van der Waals surface area contributed by atoms with Crippen molar-refractivity contribution in [3.8, 4) is 0 Å². The number of para-hydroxylation sites is 1. The lowest BCUT2D eigenvalue weighted by molar-refractivity contribution is 0.421. The molecule has 0 bridgehead atoms. The van der Waals surface area contributed by atoms with Crippen LogP contribution >= 0.6 is 0 Å². The molecule has 20 heavy (non-hydrogen) atoms. The number of hydrogen-bond acceptors (Lipinski definition) is 3. The molecule has 1 heterocycles. The third-order valence-corrected chi connectivity index (χ3v) is 3.91. The van der Waals surface area contributed by atoms with E-state index in [1.807, 2.05) is 12.1 Å². The van der Waals surface area contributed by atoms with Crippen molar-refractivity contribution in [2.45, 2.75) is 38.1 Å². The molecule has 1 aromatic heterocycles. The fraction of sp³-hybridized carbons (Fsp3) is 0.375. The second-order valence-electron chi connectivity index (χ2n) is 5.34. The van der Waals surface area contributed by atoms with E-state index >= 15 is 0 Å². The zero-order valence-electron chi connectivity index (χ0n) is 11.4. The number of furan rings is 1. The molecule has 0 amide bonds. The van der Waals surface area contributed by atoms with Crippen LogP contribution in [0.4, 0.5) is 4.39 Å². The summed E-state index contributed by atoms with van der Waals surface area (Å²) in [6, 6.07) is 6.70. The molecule has 0 radical (unpaired) electrons. The van der Waals surface area contributed by atoms with Gasteiger partial charge in [-0.15, -0.1) is 0 Å². The van der Waals surface area contributed by atoms with Gasteiger partial charge in [-0.2, -0.15) is 0 Å². The number of hydrazine groups is 1. The summed E-state index contributed by atoms with van der Waals surface area (Å²) in [6.45, 7) is 0. The SMILES string of the molecule is NNC(CC1=CCCCC1)c1cc2cccc(F)c2o1. The van der Waals surface area contributed by atoms with E-state index in [9.17, 15) is 4.39 Å². The normalized spacial score (nSPS) is 17.2. The number of nitrogens with two attached hydrogens (primary N) is 1. The minimum Gasteiger partial charge on any atom is -0.456 e. The average Bonchev–Trinajstić information content (AvgIpc) is 2.91. The Labute approximate surface area is 117 Å². The molecule has 3 rings (SSSR count). The molecule has 0 saturated carbocycles. The molecular formula is C16H19FN2O. The highest BCUT2D eigenvalue weighted by Gasteiger charge is 2.18. The second kappa shape index (κ2) is 5.77. The molecule has 0 aliphatic heterocycles. The molecule has 106 valence electrons. The van der Waals surface area contributed by atoms with E-state index in [0.29, 0.717) is 11.3 Å². The van der Waals surface area contributed by atoms with Gasteiger partial charge in [0.25, 0.3) is 0 Å². The van der Waals surface area contributed by atoms with Crippen molar-refractivity contribution < 1.29 is 8.81 Å². The van der Waals surface area contributed by atoms with Gasteiger partial charge in [0.05, 0.1) is 6.04 Å². The minimum atomic E-state index is -0.332. The van der Waals surface area contributed by atoms with E-state index in [2.05, 4.69) is 11.5 Å². The molecule has 1 aliphatic rings. The molecule has 3 N–H and O–H groups in total. The quantitative estimate of drug-likeness (QED) is 0.504. The first-order valence-electron chi connectivity index (χ1n) is 7.10. The Bertz CT molecular complexity index is 632. The Morgan fingerprint density at radius 1 is 1.35 bits per heavy atom. The largest absolute Gasteiger partial charge is 0.456 e. The molecule has 4 heteroatoms. The average molecular weight is 274 g/mol. The molecule has 1 aromatic carbocycles. The van der Waals surface area contributed by atoms with Crippen LogP contribution in [0.1, 0.15) is 43.9 Å². The van der Waals surface area contributed by atoms with Crippen LogP contribution in [-0.4, -0.2) is 0 Å². The maximum atomic E-state index is 13.7. The van der Waals surface area contributed by atoms with Crippen molar-refractivity contribution in [3.05, 3.63) is 47.5 Å². The zero-order chi connectivity index (χ0) is 13.9. The van der Waals surface area contributed by atoms with Crippen molar-refractivity contribution in [3.63, 3.8) is 0 Å². The van der Waals surface area contributed by atoms with Crippen LogP contribution in [0.25, 0.3) is 11.0 Å². The van der Waals surface area contributed by atoms with Gasteiger partial charge in [-0.3, -0.25) is 5.84 Å². The van der Waals surface area contributed by atoms with Crippen LogP contribution < -0.4 is 11.3 Å². The minimum absolute atomic E-state index is 0.105. The van der Waals surface area contributed by atoms with Crippen molar-refractivity contribution in [1.82, 2.24) is 5.43 Å². The topological polar surface area (TPSA) is 51.2 Å². The number of nitrogens with one attached hydrogen (secondary N) is 1. The van der Waals surface area contributed by atoms with E-state index in [1.54, 1.807) is 6.07 Å². The summed E-state index contributed by atoms with van der Waals surface area (Å²) in [4.78, 5) is 0. The molecule has 1 atom stereocenters. The second-order valence-corrected chi connectivity index (χ2v) is 5.34. The van der Waals surface area contributed by atoms with Gasteiger partial charge in [-0.05, 0) is 44.2 Å². The predicted octanol–water partition coefficient (Wildman–Crippen LogP) is 3.97.